The molecule has 1 saturated heterocycles. The molecule has 0 aliphatic carbocycles. The first kappa shape index (κ1) is 18.4. The van der Waals surface area contributed by atoms with Crippen molar-refractivity contribution < 1.29 is 19.1 Å². The van der Waals surface area contributed by atoms with Gasteiger partial charge in [0.1, 0.15) is 11.3 Å². The molecule has 1 heterocycles. The molecule has 4 amide bonds. The van der Waals surface area contributed by atoms with Crippen LogP contribution in [0.1, 0.15) is 11.1 Å². The van der Waals surface area contributed by atoms with Crippen LogP contribution in [0.15, 0.2) is 66.2 Å². The zero-order chi connectivity index (χ0) is 20.5. The molecule has 6 nitrogen and oxygen atoms in total. The number of methoxy groups -OCH3 is 1. The zero-order valence-electron chi connectivity index (χ0n) is 15.9. The molecule has 29 heavy (non-hydrogen) atoms. The topological polar surface area (TPSA) is 75.7 Å². The molecule has 0 radical (unpaired) electrons. The van der Waals surface area contributed by atoms with Gasteiger partial charge in [0.15, 0.2) is 0 Å². The zero-order valence-corrected chi connectivity index (χ0v) is 15.9. The van der Waals surface area contributed by atoms with Crippen molar-refractivity contribution in [2.75, 3.05) is 12.0 Å². The van der Waals surface area contributed by atoms with E-state index in [2.05, 4.69) is 5.32 Å². The smallest absolute Gasteiger partial charge is 0.335 e. The predicted molar refractivity (Wildman–Crippen MR) is 111 cm³/mol. The molecule has 0 bridgehead atoms. The third-order valence-corrected chi connectivity index (χ3v) is 4.83. The summed E-state index contributed by atoms with van der Waals surface area (Å²) in [6, 6.07) is 17.4. The van der Waals surface area contributed by atoms with Gasteiger partial charge in [0.2, 0.25) is 0 Å². The Morgan fingerprint density at radius 3 is 2.38 bits per heavy atom. The number of benzene rings is 3. The van der Waals surface area contributed by atoms with E-state index in [0.29, 0.717) is 17.0 Å². The Labute approximate surface area is 167 Å². The van der Waals surface area contributed by atoms with Crippen molar-refractivity contribution in [1.82, 2.24) is 5.32 Å². The molecule has 0 aromatic heterocycles. The fourth-order valence-electron chi connectivity index (χ4n) is 3.33. The van der Waals surface area contributed by atoms with Gasteiger partial charge in [-0.15, -0.1) is 0 Å². The fraction of sp³-hybridized carbons (Fsp3) is 0.0870. The number of rotatable bonds is 3. The highest BCUT2D eigenvalue weighted by Crippen LogP contribution is 2.31. The van der Waals surface area contributed by atoms with Gasteiger partial charge in [-0.1, -0.05) is 48.0 Å². The van der Waals surface area contributed by atoms with Gasteiger partial charge in [-0.05, 0) is 42.0 Å². The highest BCUT2D eigenvalue weighted by molar-refractivity contribution is 6.39. The molecule has 0 unspecified atom stereocenters. The predicted octanol–water partition coefficient (Wildman–Crippen LogP) is 3.82. The molecule has 4 rings (SSSR count). The summed E-state index contributed by atoms with van der Waals surface area (Å²) in [4.78, 5) is 38.9. The molecule has 0 atom stereocenters. The highest BCUT2D eigenvalue weighted by atomic mass is 16.5. The lowest BCUT2D eigenvalue weighted by atomic mass is 9.99. The summed E-state index contributed by atoms with van der Waals surface area (Å²) in [6.45, 7) is 1.91. The van der Waals surface area contributed by atoms with Crippen molar-refractivity contribution in [1.29, 1.82) is 0 Å². The third-order valence-electron chi connectivity index (χ3n) is 4.83. The van der Waals surface area contributed by atoms with E-state index >= 15 is 0 Å². The van der Waals surface area contributed by atoms with E-state index in [9.17, 15) is 14.4 Å². The van der Waals surface area contributed by atoms with Crippen molar-refractivity contribution in [2.45, 2.75) is 6.92 Å². The lowest BCUT2D eigenvalue weighted by Gasteiger charge is -2.26. The van der Waals surface area contributed by atoms with E-state index in [-0.39, 0.29) is 5.57 Å². The maximum Gasteiger partial charge on any atom is 0.335 e. The van der Waals surface area contributed by atoms with Crippen LogP contribution in [0.4, 0.5) is 10.5 Å². The summed E-state index contributed by atoms with van der Waals surface area (Å²) in [5.74, 6) is -0.897. The Hall–Kier alpha value is -3.93. The Kier molecular flexibility index (Phi) is 4.60. The standard InChI is InChI=1S/C23H18N2O4/c1-14-7-10-16(11-8-14)25-22(27)19(21(26)24-23(25)28)13-18-17-6-4-3-5-15(17)9-12-20(18)29-2/h3-13H,1-2H3,(H,24,26,28). The van der Waals surface area contributed by atoms with E-state index in [1.165, 1.54) is 13.2 Å². The van der Waals surface area contributed by atoms with E-state index in [0.717, 1.165) is 21.2 Å². The van der Waals surface area contributed by atoms with Crippen LogP contribution in [0.25, 0.3) is 16.8 Å². The van der Waals surface area contributed by atoms with Gasteiger partial charge in [0.05, 0.1) is 12.8 Å². The minimum Gasteiger partial charge on any atom is -0.496 e. The number of aryl methyl sites for hydroxylation is 1. The number of imide groups is 2. The maximum absolute atomic E-state index is 13.1. The minimum atomic E-state index is -0.772. The van der Waals surface area contributed by atoms with Gasteiger partial charge in [-0.3, -0.25) is 14.9 Å². The second kappa shape index (κ2) is 7.24. The summed E-state index contributed by atoms with van der Waals surface area (Å²) in [5.41, 5.74) is 1.84. The Morgan fingerprint density at radius 1 is 0.931 bits per heavy atom. The Morgan fingerprint density at radius 2 is 1.66 bits per heavy atom. The van der Waals surface area contributed by atoms with Crippen molar-refractivity contribution in [2.24, 2.45) is 0 Å². The summed E-state index contributed by atoms with van der Waals surface area (Å²) in [7, 11) is 1.52. The molecule has 1 N–H and O–H groups in total. The first-order chi connectivity index (χ1) is 14.0. The molecule has 1 aliphatic heterocycles. The van der Waals surface area contributed by atoms with Gasteiger partial charge < -0.3 is 4.74 Å². The number of nitrogens with zero attached hydrogens (tertiary/aromatic N) is 1. The van der Waals surface area contributed by atoms with Gasteiger partial charge >= 0.3 is 6.03 Å². The van der Waals surface area contributed by atoms with Gasteiger partial charge in [0.25, 0.3) is 11.8 Å². The van der Waals surface area contributed by atoms with Crippen molar-refractivity contribution in [3.05, 3.63) is 77.4 Å². The molecular weight excluding hydrogens is 368 g/mol. The summed E-state index contributed by atoms with van der Waals surface area (Å²) >= 11 is 0. The third kappa shape index (κ3) is 3.25. The molecule has 0 spiro atoms. The van der Waals surface area contributed by atoms with Crippen molar-refractivity contribution in [3.8, 4) is 5.75 Å². The van der Waals surface area contributed by atoms with E-state index in [1.807, 2.05) is 37.3 Å². The molecule has 144 valence electrons. The first-order valence-electron chi connectivity index (χ1n) is 9.03. The number of barbiturate groups is 1. The van der Waals surface area contributed by atoms with E-state index in [4.69, 9.17) is 4.74 Å². The summed E-state index contributed by atoms with van der Waals surface area (Å²) < 4.78 is 5.44. The van der Waals surface area contributed by atoms with Crippen LogP contribution in [-0.2, 0) is 9.59 Å². The molecule has 1 fully saturated rings. The van der Waals surface area contributed by atoms with Crippen molar-refractivity contribution >= 4 is 40.4 Å². The lowest BCUT2D eigenvalue weighted by molar-refractivity contribution is -0.122. The van der Waals surface area contributed by atoms with Crippen LogP contribution in [-0.4, -0.2) is 25.0 Å². The average molecular weight is 386 g/mol. The molecular formula is C23H18N2O4. The molecule has 6 heteroatoms. The summed E-state index contributed by atoms with van der Waals surface area (Å²) in [5, 5.41) is 4.02. The molecule has 1 aliphatic rings. The van der Waals surface area contributed by atoms with Crippen LogP contribution in [0, 0.1) is 6.92 Å². The first-order valence-corrected chi connectivity index (χ1v) is 9.03. The minimum absolute atomic E-state index is 0.139. The molecule has 3 aromatic rings. The fourth-order valence-corrected chi connectivity index (χ4v) is 3.33. The second-order valence-corrected chi connectivity index (χ2v) is 6.70. The quantitative estimate of drug-likeness (QED) is 0.548. The maximum atomic E-state index is 13.1. The van der Waals surface area contributed by atoms with Gasteiger partial charge in [-0.2, -0.15) is 0 Å². The second-order valence-electron chi connectivity index (χ2n) is 6.70. The van der Waals surface area contributed by atoms with Crippen LogP contribution >= 0.6 is 0 Å². The average Bonchev–Trinajstić information content (AvgIpc) is 2.72. The number of carbonyl (C=O) groups excluding carboxylic acids is 3. The van der Waals surface area contributed by atoms with Crippen LogP contribution < -0.4 is 15.0 Å². The normalized spacial score (nSPS) is 15.7. The monoisotopic (exact) mass is 386 g/mol. The number of carbonyl (C=O) groups is 3. The lowest BCUT2D eigenvalue weighted by Crippen LogP contribution is -2.54. The number of fused-ring (bicyclic) bond motifs is 1. The number of amides is 4. The summed E-state index contributed by atoms with van der Waals surface area (Å²) in [6.07, 6.45) is 1.48. The molecule has 3 aromatic carbocycles. The Balaban J connectivity index is 1.86. The number of urea groups is 1. The van der Waals surface area contributed by atoms with Crippen LogP contribution in [0.3, 0.4) is 0 Å². The highest BCUT2D eigenvalue weighted by Gasteiger charge is 2.37. The van der Waals surface area contributed by atoms with Crippen LogP contribution in [0.2, 0.25) is 0 Å². The van der Waals surface area contributed by atoms with Crippen molar-refractivity contribution in [3.63, 3.8) is 0 Å². The van der Waals surface area contributed by atoms with Gasteiger partial charge in [0, 0.05) is 5.56 Å². The van der Waals surface area contributed by atoms with Crippen LogP contribution in [0.5, 0.6) is 5.75 Å². The largest absolute Gasteiger partial charge is 0.496 e. The molecule has 0 saturated carbocycles. The number of nitrogens with one attached hydrogen (secondary N) is 1. The van der Waals surface area contributed by atoms with E-state index in [1.54, 1.807) is 30.3 Å². The SMILES string of the molecule is COc1ccc2ccccc2c1C=C1C(=O)NC(=O)N(c2ccc(C)cc2)C1=O. The van der Waals surface area contributed by atoms with E-state index < -0.39 is 17.8 Å². The number of hydrogen-bond donors (Lipinski definition) is 1. The number of anilines is 1. The number of ether oxygens (including phenoxy) is 1. The number of hydrogen-bond acceptors (Lipinski definition) is 4. The Bertz CT molecular complexity index is 1180. The van der Waals surface area contributed by atoms with Gasteiger partial charge in [-0.25, -0.2) is 9.69 Å².